The zero-order valence-electron chi connectivity index (χ0n) is 22.7. The van der Waals surface area contributed by atoms with Gasteiger partial charge in [-0.15, -0.1) is 11.8 Å². The Hall–Kier alpha value is -3.58. The first-order valence-electron chi connectivity index (χ1n) is 13.2. The molecule has 204 valence electrons. The summed E-state index contributed by atoms with van der Waals surface area (Å²) in [6.45, 7) is 4.89. The van der Waals surface area contributed by atoms with E-state index in [9.17, 15) is 9.90 Å². The number of halogens is 1. The number of carbonyl (C=O) groups excluding carboxylic acids is 1. The largest absolute Gasteiger partial charge is 0.399 e. The van der Waals surface area contributed by atoms with Crippen molar-refractivity contribution in [3.63, 3.8) is 0 Å². The normalized spacial score (nSPS) is 12.7. The highest BCUT2D eigenvalue weighted by atomic mass is 35.5. The highest BCUT2D eigenvalue weighted by Gasteiger charge is 2.20. The molecule has 40 heavy (non-hydrogen) atoms. The van der Waals surface area contributed by atoms with Crippen molar-refractivity contribution in [1.82, 2.24) is 4.57 Å². The number of carbonyl (C=O) groups is 1. The summed E-state index contributed by atoms with van der Waals surface area (Å²) in [6.07, 6.45) is -0.282. The minimum atomic E-state index is -0.742. The maximum Gasteiger partial charge on any atom is 0.210 e. The van der Waals surface area contributed by atoms with E-state index in [0.717, 1.165) is 49.9 Å². The lowest BCUT2D eigenvalue weighted by Crippen LogP contribution is -2.16. The first-order chi connectivity index (χ1) is 19.4. The lowest BCUT2D eigenvalue weighted by atomic mass is 9.96. The number of aryl methyl sites for hydroxylation is 2. The van der Waals surface area contributed by atoms with Crippen molar-refractivity contribution >= 4 is 56.7 Å². The van der Waals surface area contributed by atoms with Crippen LogP contribution in [-0.4, -0.2) is 34.0 Å². The van der Waals surface area contributed by atoms with Crippen molar-refractivity contribution in [2.75, 3.05) is 12.9 Å². The highest BCUT2D eigenvalue weighted by Crippen LogP contribution is 2.34. The SMILES string of the molecule is CCn1c2ccc(C(=O)/C(CCSc3ccc(Cl)cc3)=N/OC)cc2c2cc(C(O)c3ccccc3C)ccc21. The molecule has 0 saturated heterocycles. The minimum absolute atomic E-state index is 0.158. The third-order valence-corrected chi connectivity index (χ3v) is 8.42. The van der Waals surface area contributed by atoms with Crippen molar-refractivity contribution in [2.24, 2.45) is 5.16 Å². The van der Waals surface area contributed by atoms with Crippen LogP contribution in [0.1, 0.15) is 46.5 Å². The standard InChI is InChI=1S/C33H31ClN2O3S/c1-4-36-30-15-9-22(32(37)26-8-6-5-7-21(26)2)19-27(30)28-20-23(10-16-31(28)36)33(38)29(35-39-3)17-18-40-25-13-11-24(34)12-14-25/h5-16,19-20,32,37H,4,17-18H2,1-3H3/b35-29+. The number of Topliss-reactive ketones (excluding diaryl/α,β-unsaturated/α-hetero) is 1. The highest BCUT2D eigenvalue weighted by molar-refractivity contribution is 7.99. The topological polar surface area (TPSA) is 63.8 Å². The van der Waals surface area contributed by atoms with Crippen LogP contribution in [0.5, 0.6) is 0 Å². The molecule has 5 aromatic rings. The van der Waals surface area contributed by atoms with Gasteiger partial charge < -0.3 is 14.5 Å². The second-order valence-electron chi connectivity index (χ2n) is 9.61. The van der Waals surface area contributed by atoms with E-state index in [-0.39, 0.29) is 5.78 Å². The molecule has 0 fully saturated rings. The van der Waals surface area contributed by atoms with Gasteiger partial charge in [-0.1, -0.05) is 47.1 Å². The Morgan fingerprint density at radius 1 is 1.00 bits per heavy atom. The van der Waals surface area contributed by atoms with Crippen molar-refractivity contribution in [3.8, 4) is 0 Å². The summed E-state index contributed by atoms with van der Waals surface area (Å²) in [4.78, 5) is 19.7. The fraction of sp³-hybridized carbons (Fsp3) is 0.212. The number of rotatable bonds is 10. The summed E-state index contributed by atoms with van der Waals surface area (Å²) in [5, 5.41) is 18.0. The maximum atomic E-state index is 13.6. The molecule has 0 aliphatic carbocycles. The van der Waals surface area contributed by atoms with Crippen molar-refractivity contribution in [3.05, 3.63) is 112 Å². The molecular formula is C33H31ClN2O3S. The number of hydrogen-bond donors (Lipinski definition) is 1. The van der Waals surface area contributed by atoms with Crippen LogP contribution >= 0.6 is 23.4 Å². The van der Waals surface area contributed by atoms with E-state index in [4.69, 9.17) is 16.4 Å². The number of fused-ring (bicyclic) bond motifs is 3. The monoisotopic (exact) mass is 570 g/mol. The molecule has 5 rings (SSSR count). The molecule has 0 radical (unpaired) electrons. The Morgan fingerprint density at radius 3 is 2.40 bits per heavy atom. The Bertz CT molecular complexity index is 1710. The predicted octanol–water partition coefficient (Wildman–Crippen LogP) is 8.23. The summed E-state index contributed by atoms with van der Waals surface area (Å²) in [5.41, 5.74) is 5.77. The van der Waals surface area contributed by atoms with Crippen molar-refractivity contribution in [2.45, 2.75) is 37.8 Å². The molecule has 1 N–H and O–H groups in total. The van der Waals surface area contributed by atoms with E-state index >= 15 is 0 Å². The van der Waals surface area contributed by atoms with E-state index in [1.54, 1.807) is 11.8 Å². The molecule has 1 atom stereocenters. The maximum absolute atomic E-state index is 13.6. The lowest BCUT2D eigenvalue weighted by Gasteiger charge is -2.14. The molecule has 0 saturated carbocycles. The number of aliphatic hydroxyl groups excluding tert-OH is 1. The summed E-state index contributed by atoms with van der Waals surface area (Å²) in [7, 11) is 1.46. The van der Waals surface area contributed by atoms with Crippen LogP contribution in [0, 0.1) is 6.92 Å². The van der Waals surface area contributed by atoms with Gasteiger partial charge >= 0.3 is 0 Å². The van der Waals surface area contributed by atoms with Gasteiger partial charge in [0.05, 0.1) is 0 Å². The van der Waals surface area contributed by atoms with Gasteiger partial charge in [0.15, 0.2) is 0 Å². The second kappa shape index (κ2) is 12.3. The summed E-state index contributed by atoms with van der Waals surface area (Å²) in [6, 6.07) is 27.4. The van der Waals surface area contributed by atoms with Crippen LogP contribution < -0.4 is 0 Å². The van der Waals surface area contributed by atoms with E-state index in [1.165, 1.54) is 7.11 Å². The van der Waals surface area contributed by atoms with Crippen molar-refractivity contribution < 1.29 is 14.7 Å². The van der Waals surface area contributed by atoms with E-state index < -0.39 is 6.10 Å². The van der Waals surface area contributed by atoms with Crippen LogP contribution in [-0.2, 0) is 11.4 Å². The molecule has 0 spiro atoms. The van der Waals surface area contributed by atoms with Gasteiger partial charge in [0, 0.05) is 56.0 Å². The third kappa shape index (κ3) is 5.66. The number of oxime groups is 1. The van der Waals surface area contributed by atoms with E-state index in [0.29, 0.717) is 28.5 Å². The average molecular weight is 571 g/mol. The van der Waals surface area contributed by atoms with Gasteiger partial charge in [0.1, 0.15) is 18.9 Å². The fourth-order valence-corrected chi connectivity index (χ4v) is 6.11. The molecule has 0 aliphatic heterocycles. The van der Waals surface area contributed by atoms with Crippen LogP contribution in [0.25, 0.3) is 21.8 Å². The van der Waals surface area contributed by atoms with Gasteiger partial charge in [-0.2, -0.15) is 0 Å². The van der Waals surface area contributed by atoms with Gasteiger partial charge in [0.25, 0.3) is 0 Å². The number of nitrogens with zero attached hydrogens (tertiary/aromatic N) is 2. The van der Waals surface area contributed by atoms with E-state index in [1.807, 2.05) is 85.8 Å². The molecule has 1 aromatic heterocycles. The number of aromatic nitrogens is 1. The van der Waals surface area contributed by atoms with Crippen LogP contribution in [0.15, 0.2) is 95.0 Å². The molecular weight excluding hydrogens is 540 g/mol. The molecule has 1 heterocycles. The van der Waals surface area contributed by atoms with Crippen LogP contribution in [0.3, 0.4) is 0 Å². The Balaban J connectivity index is 1.47. The molecule has 4 aromatic carbocycles. The number of hydrogen-bond acceptors (Lipinski definition) is 5. The summed E-state index contributed by atoms with van der Waals surface area (Å²) in [5.74, 6) is 0.515. The molecule has 1 unspecified atom stereocenters. The zero-order valence-corrected chi connectivity index (χ0v) is 24.3. The summed E-state index contributed by atoms with van der Waals surface area (Å²) < 4.78 is 2.23. The quantitative estimate of drug-likeness (QED) is 0.0795. The van der Waals surface area contributed by atoms with Gasteiger partial charge in [0.2, 0.25) is 5.78 Å². The zero-order chi connectivity index (χ0) is 28.2. The van der Waals surface area contributed by atoms with Crippen LogP contribution in [0.2, 0.25) is 5.02 Å². The number of benzene rings is 4. The lowest BCUT2D eigenvalue weighted by molar-refractivity contribution is 0.105. The van der Waals surface area contributed by atoms with Crippen molar-refractivity contribution in [1.29, 1.82) is 0 Å². The molecule has 0 amide bonds. The molecule has 7 heteroatoms. The Kier molecular flexibility index (Phi) is 8.60. The molecule has 5 nitrogen and oxygen atoms in total. The molecule has 0 aliphatic rings. The fourth-order valence-electron chi connectivity index (χ4n) is 5.12. The van der Waals surface area contributed by atoms with Gasteiger partial charge in [-0.3, -0.25) is 4.79 Å². The number of aliphatic hydroxyl groups is 1. The van der Waals surface area contributed by atoms with E-state index in [2.05, 4.69) is 22.7 Å². The van der Waals surface area contributed by atoms with Gasteiger partial charge in [-0.05, 0) is 85.1 Å². The second-order valence-corrected chi connectivity index (χ2v) is 11.2. The summed E-state index contributed by atoms with van der Waals surface area (Å²) >= 11 is 7.63. The Morgan fingerprint density at radius 2 is 1.70 bits per heavy atom. The number of ketones is 1. The van der Waals surface area contributed by atoms with Crippen LogP contribution in [0.4, 0.5) is 0 Å². The average Bonchev–Trinajstić information content (AvgIpc) is 3.29. The minimum Gasteiger partial charge on any atom is -0.399 e. The van der Waals surface area contributed by atoms with Gasteiger partial charge in [-0.25, -0.2) is 0 Å². The Labute approximate surface area is 243 Å². The predicted molar refractivity (Wildman–Crippen MR) is 166 cm³/mol. The third-order valence-electron chi connectivity index (χ3n) is 7.15. The smallest absolute Gasteiger partial charge is 0.210 e. The molecule has 0 bridgehead atoms. The number of thioether (sulfide) groups is 1. The first-order valence-corrected chi connectivity index (χ1v) is 14.6. The first kappa shape index (κ1) is 28.0.